The van der Waals surface area contributed by atoms with Crippen LogP contribution in [0, 0.1) is 6.92 Å². The SMILES string of the molecule is Cc1oc(-c2ccc(C(F)(F)F)cc2)nc1COc1cccc(/C=N/O)c1. The zero-order valence-electron chi connectivity index (χ0n) is 14.2. The zero-order valence-corrected chi connectivity index (χ0v) is 14.2. The Labute approximate surface area is 152 Å². The Balaban J connectivity index is 1.74. The summed E-state index contributed by atoms with van der Waals surface area (Å²) in [6.45, 7) is 1.82. The molecule has 0 saturated carbocycles. The summed E-state index contributed by atoms with van der Waals surface area (Å²) in [6.07, 6.45) is -3.11. The van der Waals surface area contributed by atoms with E-state index in [1.807, 2.05) is 0 Å². The van der Waals surface area contributed by atoms with Crippen molar-refractivity contribution in [3.8, 4) is 17.2 Å². The highest BCUT2D eigenvalue weighted by molar-refractivity contribution is 5.79. The van der Waals surface area contributed by atoms with Gasteiger partial charge in [0.05, 0.1) is 11.8 Å². The molecule has 0 aliphatic rings. The molecular weight excluding hydrogens is 361 g/mol. The molecule has 1 heterocycles. The van der Waals surface area contributed by atoms with Crippen LogP contribution in [0.1, 0.15) is 22.6 Å². The highest BCUT2D eigenvalue weighted by Crippen LogP contribution is 2.31. The van der Waals surface area contributed by atoms with Crippen molar-refractivity contribution in [3.63, 3.8) is 0 Å². The molecule has 27 heavy (non-hydrogen) atoms. The van der Waals surface area contributed by atoms with E-state index in [-0.39, 0.29) is 12.5 Å². The molecule has 0 fully saturated rings. The van der Waals surface area contributed by atoms with E-state index in [0.717, 1.165) is 12.1 Å². The topological polar surface area (TPSA) is 67.9 Å². The van der Waals surface area contributed by atoms with Gasteiger partial charge in [-0.25, -0.2) is 4.98 Å². The molecule has 0 atom stereocenters. The minimum atomic E-state index is -4.39. The van der Waals surface area contributed by atoms with Gasteiger partial charge in [0.25, 0.3) is 0 Å². The molecule has 0 amide bonds. The van der Waals surface area contributed by atoms with Crippen molar-refractivity contribution < 1.29 is 27.5 Å². The molecule has 0 spiro atoms. The van der Waals surface area contributed by atoms with Crippen LogP contribution in [0.4, 0.5) is 13.2 Å². The summed E-state index contributed by atoms with van der Waals surface area (Å²) in [6, 6.07) is 11.5. The van der Waals surface area contributed by atoms with E-state index in [2.05, 4.69) is 10.1 Å². The number of rotatable bonds is 5. The third kappa shape index (κ3) is 4.46. The minimum absolute atomic E-state index is 0.121. The number of ether oxygens (including phenoxy) is 1. The van der Waals surface area contributed by atoms with E-state index in [1.165, 1.54) is 18.3 Å². The van der Waals surface area contributed by atoms with Gasteiger partial charge < -0.3 is 14.4 Å². The third-order valence-electron chi connectivity index (χ3n) is 3.79. The molecule has 8 heteroatoms. The number of hydrogen-bond acceptors (Lipinski definition) is 5. The number of aromatic nitrogens is 1. The summed E-state index contributed by atoms with van der Waals surface area (Å²) >= 11 is 0. The number of nitrogens with zero attached hydrogens (tertiary/aromatic N) is 2. The van der Waals surface area contributed by atoms with Crippen LogP contribution in [0.2, 0.25) is 0 Å². The van der Waals surface area contributed by atoms with E-state index in [9.17, 15) is 13.2 Å². The van der Waals surface area contributed by atoms with Crippen molar-refractivity contribution in [2.24, 2.45) is 5.16 Å². The van der Waals surface area contributed by atoms with E-state index in [1.54, 1.807) is 31.2 Å². The van der Waals surface area contributed by atoms with Crippen molar-refractivity contribution >= 4 is 6.21 Å². The first-order valence-corrected chi connectivity index (χ1v) is 7.91. The molecular formula is C19H15F3N2O3. The fraction of sp³-hybridized carbons (Fsp3) is 0.158. The standard InChI is InChI=1S/C19H15F3N2O3/c1-12-17(11-26-16-4-2-3-13(9-16)10-23-25)24-18(27-12)14-5-7-15(8-6-14)19(20,21)22/h2-10,25H,11H2,1H3/b23-10+. The molecule has 0 saturated heterocycles. The van der Waals surface area contributed by atoms with Gasteiger partial charge in [-0.3, -0.25) is 0 Å². The molecule has 2 aromatic carbocycles. The van der Waals surface area contributed by atoms with Crippen molar-refractivity contribution in [1.29, 1.82) is 0 Å². The van der Waals surface area contributed by atoms with Gasteiger partial charge in [0.15, 0.2) is 0 Å². The number of aryl methyl sites for hydroxylation is 1. The van der Waals surface area contributed by atoms with Crippen LogP contribution in [0.25, 0.3) is 11.5 Å². The quantitative estimate of drug-likeness (QED) is 0.384. The van der Waals surface area contributed by atoms with Gasteiger partial charge in [0.2, 0.25) is 5.89 Å². The first-order valence-electron chi connectivity index (χ1n) is 7.91. The monoisotopic (exact) mass is 376 g/mol. The first kappa shape index (κ1) is 18.5. The number of benzene rings is 2. The Morgan fingerprint density at radius 3 is 2.59 bits per heavy atom. The minimum Gasteiger partial charge on any atom is -0.487 e. The predicted octanol–water partition coefficient (Wildman–Crippen LogP) is 5.06. The molecule has 3 aromatic rings. The number of hydrogen-bond donors (Lipinski definition) is 1. The molecule has 140 valence electrons. The highest BCUT2D eigenvalue weighted by Gasteiger charge is 2.30. The Bertz CT molecular complexity index is 948. The molecule has 1 N–H and O–H groups in total. The molecule has 0 aliphatic carbocycles. The normalized spacial score (nSPS) is 11.9. The lowest BCUT2D eigenvalue weighted by molar-refractivity contribution is -0.137. The second-order valence-corrected chi connectivity index (χ2v) is 5.70. The maximum absolute atomic E-state index is 12.7. The molecule has 0 aliphatic heterocycles. The van der Waals surface area contributed by atoms with E-state index < -0.39 is 11.7 Å². The Morgan fingerprint density at radius 2 is 1.93 bits per heavy atom. The first-order chi connectivity index (χ1) is 12.9. The van der Waals surface area contributed by atoms with Crippen LogP contribution in [0.15, 0.2) is 58.1 Å². The zero-order chi connectivity index (χ0) is 19.4. The van der Waals surface area contributed by atoms with Crippen LogP contribution >= 0.6 is 0 Å². The lowest BCUT2D eigenvalue weighted by Crippen LogP contribution is -2.04. The average Bonchev–Trinajstić information content (AvgIpc) is 3.01. The van der Waals surface area contributed by atoms with E-state index in [4.69, 9.17) is 14.4 Å². The number of oxime groups is 1. The predicted molar refractivity (Wildman–Crippen MR) is 91.8 cm³/mol. The van der Waals surface area contributed by atoms with Crippen molar-refractivity contribution in [2.75, 3.05) is 0 Å². The van der Waals surface area contributed by atoms with Crippen molar-refractivity contribution in [2.45, 2.75) is 19.7 Å². The summed E-state index contributed by atoms with van der Waals surface area (Å²) in [5, 5.41) is 11.5. The van der Waals surface area contributed by atoms with E-state index >= 15 is 0 Å². The molecule has 1 aromatic heterocycles. The Hall–Kier alpha value is -3.29. The smallest absolute Gasteiger partial charge is 0.416 e. The number of alkyl halides is 3. The molecule has 0 unspecified atom stereocenters. The molecule has 3 rings (SSSR count). The fourth-order valence-electron chi connectivity index (χ4n) is 2.39. The Morgan fingerprint density at radius 1 is 1.19 bits per heavy atom. The van der Waals surface area contributed by atoms with Gasteiger partial charge in [-0.1, -0.05) is 17.3 Å². The van der Waals surface area contributed by atoms with Gasteiger partial charge in [0, 0.05) is 5.56 Å². The second kappa shape index (κ2) is 7.53. The second-order valence-electron chi connectivity index (χ2n) is 5.70. The summed E-state index contributed by atoms with van der Waals surface area (Å²) in [5.41, 5.74) is 0.909. The van der Waals surface area contributed by atoms with Gasteiger partial charge in [-0.2, -0.15) is 13.2 Å². The summed E-state index contributed by atoms with van der Waals surface area (Å²) in [5.74, 6) is 1.28. The average molecular weight is 376 g/mol. The Kier molecular flexibility index (Phi) is 5.16. The summed E-state index contributed by atoms with van der Waals surface area (Å²) in [7, 11) is 0. The maximum atomic E-state index is 12.7. The number of halogens is 3. The fourth-order valence-corrected chi connectivity index (χ4v) is 2.39. The van der Waals surface area contributed by atoms with Crippen LogP contribution in [-0.4, -0.2) is 16.4 Å². The van der Waals surface area contributed by atoms with Crippen LogP contribution in [0.3, 0.4) is 0 Å². The van der Waals surface area contributed by atoms with Gasteiger partial charge in [0.1, 0.15) is 23.8 Å². The lowest BCUT2D eigenvalue weighted by atomic mass is 10.1. The summed E-state index contributed by atoms with van der Waals surface area (Å²) in [4.78, 5) is 4.31. The summed E-state index contributed by atoms with van der Waals surface area (Å²) < 4.78 is 49.2. The maximum Gasteiger partial charge on any atom is 0.416 e. The van der Waals surface area contributed by atoms with Gasteiger partial charge in [-0.05, 0) is 48.9 Å². The van der Waals surface area contributed by atoms with Crippen molar-refractivity contribution in [3.05, 3.63) is 71.1 Å². The van der Waals surface area contributed by atoms with Gasteiger partial charge >= 0.3 is 6.18 Å². The molecule has 0 bridgehead atoms. The van der Waals surface area contributed by atoms with Crippen molar-refractivity contribution in [1.82, 2.24) is 4.98 Å². The number of oxazole rings is 1. The van der Waals surface area contributed by atoms with Crippen LogP contribution < -0.4 is 4.74 Å². The molecule has 0 radical (unpaired) electrons. The van der Waals surface area contributed by atoms with Gasteiger partial charge in [-0.15, -0.1) is 0 Å². The van der Waals surface area contributed by atoms with E-state index in [0.29, 0.717) is 28.3 Å². The molecule has 5 nitrogen and oxygen atoms in total. The highest BCUT2D eigenvalue weighted by atomic mass is 19.4. The largest absolute Gasteiger partial charge is 0.487 e. The third-order valence-corrected chi connectivity index (χ3v) is 3.79. The lowest BCUT2D eigenvalue weighted by Gasteiger charge is -2.06. The van der Waals surface area contributed by atoms with Crippen LogP contribution in [-0.2, 0) is 12.8 Å². The van der Waals surface area contributed by atoms with Crippen LogP contribution in [0.5, 0.6) is 5.75 Å².